The maximum Gasteiger partial charge on any atom is 0.325 e. The van der Waals surface area contributed by atoms with Gasteiger partial charge in [-0.1, -0.05) is 36.4 Å². The van der Waals surface area contributed by atoms with E-state index in [1.807, 2.05) is 48.5 Å². The summed E-state index contributed by atoms with van der Waals surface area (Å²) in [5.74, 6) is -0.262. The Balaban J connectivity index is 2.09. The lowest BCUT2D eigenvalue weighted by molar-refractivity contribution is -0.140. The zero-order valence-corrected chi connectivity index (χ0v) is 11.8. The summed E-state index contributed by atoms with van der Waals surface area (Å²) in [6.45, 7) is 2.33. The van der Waals surface area contributed by atoms with Crippen molar-refractivity contribution in [3.05, 3.63) is 48.5 Å². The number of esters is 1. The van der Waals surface area contributed by atoms with E-state index in [1.54, 1.807) is 6.92 Å². The zero-order chi connectivity index (χ0) is 14.7. The predicted molar refractivity (Wildman–Crippen MR) is 84.4 cm³/mol. The molecule has 4 nitrogen and oxygen atoms in total. The van der Waals surface area contributed by atoms with Crippen molar-refractivity contribution in [1.29, 1.82) is 0 Å². The van der Waals surface area contributed by atoms with Crippen LogP contribution < -0.4 is 5.32 Å². The molecule has 0 unspecified atom stereocenters. The molecule has 106 valence electrons. The first-order chi connectivity index (χ1) is 10.3. The van der Waals surface area contributed by atoms with E-state index < -0.39 is 0 Å². The van der Waals surface area contributed by atoms with Crippen LogP contribution in [0.15, 0.2) is 48.5 Å². The number of nitrogens with zero attached hydrogens (tertiary/aromatic N) is 1. The Morgan fingerprint density at radius 2 is 1.62 bits per heavy atom. The average Bonchev–Trinajstić information content (AvgIpc) is 2.51. The van der Waals surface area contributed by atoms with Gasteiger partial charge in [0.05, 0.1) is 23.3 Å². The summed E-state index contributed by atoms with van der Waals surface area (Å²) in [7, 11) is 0. The molecule has 0 radical (unpaired) electrons. The highest BCUT2D eigenvalue weighted by Crippen LogP contribution is 2.30. The molecule has 21 heavy (non-hydrogen) atoms. The van der Waals surface area contributed by atoms with Gasteiger partial charge in [-0.25, -0.2) is 4.98 Å². The van der Waals surface area contributed by atoms with Gasteiger partial charge in [0.25, 0.3) is 0 Å². The van der Waals surface area contributed by atoms with E-state index in [9.17, 15) is 4.79 Å². The molecule has 1 aromatic heterocycles. The van der Waals surface area contributed by atoms with Gasteiger partial charge in [-0.2, -0.15) is 0 Å². The molecule has 0 amide bonds. The van der Waals surface area contributed by atoms with Crippen LogP contribution in [0.2, 0.25) is 0 Å². The molecule has 0 aliphatic rings. The van der Waals surface area contributed by atoms with Crippen LogP contribution in [-0.4, -0.2) is 24.1 Å². The second-order valence-corrected chi connectivity index (χ2v) is 4.68. The Bertz CT molecular complexity index is 745. The summed E-state index contributed by atoms with van der Waals surface area (Å²) < 4.78 is 4.97. The number of benzene rings is 2. The molecule has 3 aromatic rings. The average molecular weight is 280 g/mol. The topological polar surface area (TPSA) is 51.2 Å². The third-order valence-electron chi connectivity index (χ3n) is 3.30. The molecular weight excluding hydrogens is 264 g/mol. The van der Waals surface area contributed by atoms with E-state index in [1.165, 1.54) is 0 Å². The summed E-state index contributed by atoms with van der Waals surface area (Å²) >= 11 is 0. The highest BCUT2D eigenvalue weighted by molar-refractivity contribution is 6.07. The largest absolute Gasteiger partial charge is 0.465 e. The zero-order valence-electron chi connectivity index (χ0n) is 11.8. The number of rotatable bonds is 4. The van der Waals surface area contributed by atoms with E-state index >= 15 is 0 Å². The fraction of sp³-hybridized carbons (Fsp3) is 0.176. The van der Waals surface area contributed by atoms with Crippen LogP contribution in [0.3, 0.4) is 0 Å². The van der Waals surface area contributed by atoms with Crippen LogP contribution in [0.25, 0.3) is 21.8 Å². The van der Waals surface area contributed by atoms with Crippen LogP contribution in [0.1, 0.15) is 6.92 Å². The first kappa shape index (κ1) is 13.4. The minimum absolute atomic E-state index is 0.145. The van der Waals surface area contributed by atoms with Gasteiger partial charge in [0.1, 0.15) is 6.54 Å². The van der Waals surface area contributed by atoms with Gasteiger partial charge in [0.15, 0.2) is 0 Å². The summed E-state index contributed by atoms with van der Waals surface area (Å²) in [4.78, 5) is 16.2. The molecule has 0 aliphatic carbocycles. The smallest absolute Gasteiger partial charge is 0.325 e. The van der Waals surface area contributed by atoms with Crippen molar-refractivity contribution < 1.29 is 9.53 Å². The van der Waals surface area contributed by atoms with Gasteiger partial charge >= 0.3 is 5.97 Å². The third-order valence-corrected chi connectivity index (χ3v) is 3.30. The quantitative estimate of drug-likeness (QED) is 0.588. The maximum atomic E-state index is 11.6. The molecule has 1 heterocycles. The first-order valence-corrected chi connectivity index (χ1v) is 6.96. The molecule has 3 rings (SSSR count). The Kier molecular flexibility index (Phi) is 3.69. The normalized spacial score (nSPS) is 10.7. The Hall–Kier alpha value is -2.62. The predicted octanol–water partition coefficient (Wildman–Crippen LogP) is 3.36. The minimum Gasteiger partial charge on any atom is -0.465 e. The lowest BCUT2D eigenvalue weighted by Crippen LogP contribution is -2.17. The minimum atomic E-state index is -0.262. The van der Waals surface area contributed by atoms with Crippen molar-refractivity contribution in [3.63, 3.8) is 0 Å². The maximum absolute atomic E-state index is 11.6. The second-order valence-electron chi connectivity index (χ2n) is 4.68. The number of nitrogens with one attached hydrogen (secondary N) is 1. The van der Waals surface area contributed by atoms with E-state index in [4.69, 9.17) is 4.74 Å². The molecule has 0 atom stereocenters. The lowest BCUT2D eigenvalue weighted by Gasteiger charge is -2.12. The van der Waals surface area contributed by atoms with Gasteiger partial charge in [-0.05, 0) is 19.1 Å². The van der Waals surface area contributed by atoms with Gasteiger partial charge in [0, 0.05) is 10.8 Å². The van der Waals surface area contributed by atoms with Crippen molar-refractivity contribution in [2.75, 3.05) is 18.5 Å². The summed E-state index contributed by atoms with van der Waals surface area (Å²) in [5.41, 5.74) is 2.73. The number of aromatic nitrogens is 1. The highest BCUT2D eigenvalue weighted by Gasteiger charge is 2.10. The fourth-order valence-corrected chi connectivity index (χ4v) is 2.40. The molecule has 0 aliphatic heterocycles. The van der Waals surface area contributed by atoms with Crippen LogP contribution in [0.5, 0.6) is 0 Å². The Morgan fingerprint density at radius 3 is 2.19 bits per heavy atom. The van der Waals surface area contributed by atoms with E-state index in [0.717, 1.165) is 27.5 Å². The summed E-state index contributed by atoms with van der Waals surface area (Å²) in [6, 6.07) is 15.8. The second kappa shape index (κ2) is 5.79. The number of fused-ring (bicyclic) bond motifs is 2. The van der Waals surface area contributed by atoms with Crippen LogP contribution in [0, 0.1) is 0 Å². The van der Waals surface area contributed by atoms with Gasteiger partial charge < -0.3 is 10.1 Å². The van der Waals surface area contributed by atoms with E-state index in [0.29, 0.717) is 6.61 Å². The first-order valence-electron chi connectivity index (χ1n) is 6.96. The number of carbonyl (C=O) groups is 1. The van der Waals surface area contributed by atoms with Crippen molar-refractivity contribution >= 4 is 33.5 Å². The van der Waals surface area contributed by atoms with E-state index in [-0.39, 0.29) is 12.5 Å². The molecular formula is C17H16N2O2. The SMILES string of the molecule is CCOC(=O)CNc1c2ccccc2nc2ccccc12. The third kappa shape index (κ3) is 2.65. The summed E-state index contributed by atoms with van der Waals surface area (Å²) in [6.07, 6.45) is 0. The number of pyridine rings is 1. The molecule has 4 heteroatoms. The van der Waals surface area contributed by atoms with Crippen molar-refractivity contribution in [2.24, 2.45) is 0 Å². The standard InChI is InChI=1S/C17H16N2O2/c1-2-21-16(20)11-18-17-12-7-3-5-9-14(12)19-15-10-6-4-8-13(15)17/h3-10H,2,11H2,1H3,(H,18,19). The molecule has 0 saturated heterocycles. The van der Waals surface area contributed by atoms with E-state index in [2.05, 4.69) is 10.3 Å². The molecule has 0 spiro atoms. The molecule has 0 bridgehead atoms. The number of ether oxygens (including phenoxy) is 1. The lowest BCUT2D eigenvalue weighted by atomic mass is 10.1. The van der Waals surface area contributed by atoms with Crippen LogP contribution in [0.4, 0.5) is 5.69 Å². The fourth-order valence-electron chi connectivity index (χ4n) is 2.40. The Morgan fingerprint density at radius 1 is 1.05 bits per heavy atom. The number of hydrogen-bond donors (Lipinski definition) is 1. The number of para-hydroxylation sites is 2. The highest BCUT2D eigenvalue weighted by atomic mass is 16.5. The van der Waals surface area contributed by atoms with Crippen molar-refractivity contribution in [2.45, 2.75) is 6.92 Å². The molecule has 0 saturated carbocycles. The van der Waals surface area contributed by atoms with Crippen molar-refractivity contribution in [1.82, 2.24) is 4.98 Å². The van der Waals surface area contributed by atoms with Gasteiger partial charge in [-0.15, -0.1) is 0 Å². The number of carbonyl (C=O) groups excluding carboxylic acids is 1. The van der Waals surface area contributed by atoms with Crippen LogP contribution in [-0.2, 0) is 9.53 Å². The monoisotopic (exact) mass is 280 g/mol. The molecule has 0 fully saturated rings. The van der Waals surface area contributed by atoms with Gasteiger partial charge in [-0.3, -0.25) is 4.79 Å². The number of anilines is 1. The van der Waals surface area contributed by atoms with Gasteiger partial charge in [0.2, 0.25) is 0 Å². The van der Waals surface area contributed by atoms with Crippen LogP contribution >= 0.6 is 0 Å². The number of hydrogen-bond acceptors (Lipinski definition) is 4. The summed E-state index contributed by atoms with van der Waals surface area (Å²) in [5, 5.41) is 5.20. The Labute approximate surface area is 122 Å². The van der Waals surface area contributed by atoms with Crippen molar-refractivity contribution in [3.8, 4) is 0 Å². The molecule has 1 N–H and O–H groups in total. The molecule has 2 aromatic carbocycles.